The van der Waals surface area contributed by atoms with E-state index in [1.165, 1.54) is 12.8 Å². The summed E-state index contributed by atoms with van der Waals surface area (Å²) >= 11 is 0. The number of anilines is 1. The van der Waals surface area contributed by atoms with E-state index in [1.807, 2.05) is 24.3 Å². The molecule has 2 N–H and O–H groups in total. The Morgan fingerprint density at radius 1 is 1.06 bits per heavy atom. The van der Waals surface area contributed by atoms with Crippen LogP contribution in [0, 0.1) is 0 Å². The summed E-state index contributed by atoms with van der Waals surface area (Å²) in [7, 11) is 0. The lowest BCUT2D eigenvalue weighted by Gasteiger charge is -2.13. The van der Waals surface area contributed by atoms with E-state index in [-0.39, 0.29) is 6.10 Å². The minimum atomic E-state index is 0.257. The fourth-order valence-electron chi connectivity index (χ4n) is 2.25. The lowest BCUT2D eigenvalue weighted by atomic mass is 10.3. The summed E-state index contributed by atoms with van der Waals surface area (Å²) in [4.78, 5) is 8.74. The highest BCUT2D eigenvalue weighted by atomic mass is 16.5. The Labute approximate surface area is 99.8 Å². The van der Waals surface area contributed by atoms with Crippen LogP contribution >= 0.6 is 0 Å². The van der Waals surface area contributed by atoms with E-state index in [2.05, 4.69) is 9.97 Å². The smallest absolute Gasteiger partial charge is 0.258 e. The van der Waals surface area contributed by atoms with Gasteiger partial charge in [-0.2, -0.15) is 0 Å². The lowest BCUT2D eigenvalue weighted by Crippen LogP contribution is -2.13. The largest absolute Gasteiger partial charge is 0.472 e. The molecule has 0 aliphatic heterocycles. The number of fused-ring (bicyclic) bond motifs is 1. The first-order chi connectivity index (χ1) is 8.33. The van der Waals surface area contributed by atoms with Gasteiger partial charge in [-0.05, 0) is 37.8 Å². The Hall–Kier alpha value is -1.84. The summed E-state index contributed by atoms with van der Waals surface area (Å²) in [5.74, 6) is 0.867. The quantitative estimate of drug-likeness (QED) is 0.859. The van der Waals surface area contributed by atoms with Crippen molar-refractivity contribution in [2.24, 2.45) is 0 Å². The van der Waals surface area contributed by atoms with Crippen LogP contribution in [-0.2, 0) is 0 Å². The van der Waals surface area contributed by atoms with Crippen LogP contribution in [0.2, 0.25) is 0 Å². The molecule has 1 aliphatic rings. The van der Waals surface area contributed by atoms with Crippen LogP contribution in [0.25, 0.3) is 11.0 Å². The van der Waals surface area contributed by atoms with Gasteiger partial charge in [0.2, 0.25) is 0 Å². The van der Waals surface area contributed by atoms with Crippen LogP contribution in [-0.4, -0.2) is 16.1 Å². The highest BCUT2D eigenvalue weighted by Gasteiger charge is 2.19. The molecular weight excluding hydrogens is 214 g/mol. The standard InChI is InChI=1S/C13H15N3O/c14-12-13(17-9-5-1-2-6-9)16-11-8-4-3-7-10(11)15-12/h3-4,7-9H,1-2,5-6H2,(H2,14,15). The number of hydrogen-bond donors (Lipinski definition) is 1. The molecule has 17 heavy (non-hydrogen) atoms. The summed E-state index contributed by atoms with van der Waals surface area (Å²) in [6.07, 6.45) is 4.90. The van der Waals surface area contributed by atoms with Gasteiger partial charge in [0.25, 0.3) is 5.88 Å². The molecule has 1 saturated carbocycles. The van der Waals surface area contributed by atoms with Crippen LogP contribution < -0.4 is 10.5 Å². The number of ether oxygens (including phenoxy) is 1. The van der Waals surface area contributed by atoms with E-state index >= 15 is 0 Å². The normalized spacial score (nSPS) is 16.5. The second-order valence-electron chi connectivity index (χ2n) is 4.43. The highest BCUT2D eigenvalue weighted by molar-refractivity contribution is 5.76. The molecule has 4 heteroatoms. The fourth-order valence-corrected chi connectivity index (χ4v) is 2.25. The molecule has 2 aromatic rings. The third-order valence-corrected chi connectivity index (χ3v) is 3.14. The van der Waals surface area contributed by atoms with E-state index < -0.39 is 0 Å². The van der Waals surface area contributed by atoms with Crippen molar-refractivity contribution < 1.29 is 4.74 Å². The Kier molecular flexibility index (Phi) is 2.55. The molecule has 0 atom stereocenters. The summed E-state index contributed by atoms with van der Waals surface area (Å²) in [6, 6.07) is 7.68. The van der Waals surface area contributed by atoms with Crippen LogP contribution in [0.3, 0.4) is 0 Å². The number of para-hydroxylation sites is 2. The zero-order chi connectivity index (χ0) is 11.7. The van der Waals surface area contributed by atoms with Crippen molar-refractivity contribution in [1.29, 1.82) is 0 Å². The highest BCUT2D eigenvalue weighted by Crippen LogP contribution is 2.27. The van der Waals surface area contributed by atoms with Gasteiger partial charge in [0.1, 0.15) is 6.10 Å². The molecule has 4 nitrogen and oxygen atoms in total. The van der Waals surface area contributed by atoms with Crippen molar-refractivity contribution in [2.75, 3.05) is 5.73 Å². The third-order valence-electron chi connectivity index (χ3n) is 3.14. The number of benzene rings is 1. The Morgan fingerprint density at radius 2 is 1.71 bits per heavy atom. The second kappa shape index (κ2) is 4.20. The van der Waals surface area contributed by atoms with Gasteiger partial charge in [-0.15, -0.1) is 0 Å². The predicted molar refractivity (Wildman–Crippen MR) is 66.8 cm³/mol. The second-order valence-corrected chi connectivity index (χ2v) is 4.43. The van der Waals surface area contributed by atoms with Crippen LogP contribution in [0.15, 0.2) is 24.3 Å². The molecule has 1 fully saturated rings. The molecule has 3 rings (SSSR count). The molecule has 0 radical (unpaired) electrons. The number of nitrogen functional groups attached to an aromatic ring is 1. The monoisotopic (exact) mass is 229 g/mol. The van der Waals surface area contributed by atoms with Gasteiger partial charge < -0.3 is 10.5 Å². The number of nitrogens with two attached hydrogens (primary N) is 1. The minimum absolute atomic E-state index is 0.257. The molecule has 0 spiro atoms. The van der Waals surface area contributed by atoms with Gasteiger partial charge in [-0.3, -0.25) is 0 Å². The van der Waals surface area contributed by atoms with Gasteiger partial charge >= 0.3 is 0 Å². The maximum Gasteiger partial charge on any atom is 0.258 e. The van der Waals surface area contributed by atoms with Crippen LogP contribution in [0.1, 0.15) is 25.7 Å². The van der Waals surface area contributed by atoms with Gasteiger partial charge in [-0.1, -0.05) is 12.1 Å². The van der Waals surface area contributed by atoms with Crippen molar-refractivity contribution in [2.45, 2.75) is 31.8 Å². The summed E-state index contributed by atoms with van der Waals surface area (Å²) in [5, 5.41) is 0. The SMILES string of the molecule is Nc1nc2ccccc2nc1OC1CCCC1. The van der Waals surface area contributed by atoms with Gasteiger partial charge in [0, 0.05) is 0 Å². The molecule has 0 unspecified atom stereocenters. The van der Waals surface area contributed by atoms with Crippen molar-refractivity contribution >= 4 is 16.9 Å². The average molecular weight is 229 g/mol. The molecule has 0 saturated heterocycles. The fraction of sp³-hybridized carbons (Fsp3) is 0.385. The zero-order valence-electron chi connectivity index (χ0n) is 9.60. The first kappa shape index (κ1) is 10.3. The Balaban J connectivity index is 1.95. The summed E-state index contributed by atoms with van der Waals surface area (Å²) in [5.41, 5.74) is 7.50. The minimum Gasteiger partial charge on any atom is -0.472 e. The van der Waals surface area contributed by atoms with Crippen molar-refractivity contribution in [1.82, 2.24) is 9.97 Å². The molecule has 1 aliphatic carbocycles. The molecule has 1 aromatic heterocycles. The van der Waals surface area contributed by atoms with E-state index in [1.54, 1.807) is 0 Å². The first-order valence-electron chi connectivity index (χ1n) is 6.02. The van der Waals surface area contributed by atoms with Gasteiger partial charge in [0.15, 0.2) is 5.82 Å². The number of aromatic nitrogens is 2. The van der Waals surface area contributed by atoms with Crippen molar-refractivity contribution in [3.05, 3.63) is 24.3 Å². The van der Waals surface area contributed by atoms with Crippen molar-refractivity contribution in [3.63, 3.8) is 0 Å². The van der Waals surface area contributed by atoms with Crippen LogP contribution in [0.5, 0.6) is 5.88 Å². The zero-order valence-corrected chi connectivity index (χ0v) is 9.60. The van der Waals surface area contributed by atoms with E-state index in [9.17, 15) is 0 Å². The maximum absolute atomic E-state index is 5.87. The van der Waals surface area contributed by atoms with Gasteiger partial charge in [0.05, 0.1) is 11.0 Å². The third kappa shape index (κ3) is 2.02. The molecule has 1 heterocycles. The Morgan fingerprint density at radius 3 is 2.41 bits per heavy atom. The molecular formula is C13H15N3O. The summed E-state index contributed by atoms with van der Waals surface area (Å²) in [6.45, 7) is 0. The number of nitrogens with zero attached hydrogens (tertiary/aromatic N) is 2. The average Bonchev–Trinajstić information content (AvgIpc) is 2.83. The van der Waals surface area contributed by atoms with Crippen LogP contribution in [0.4, 0.5) is 5.82 Å². The topological polar surface area (TPSA) is 61.0 Å². The number of rotatable bonds is 2. The molecule has 1 aromatic carbocycles. The first-order valence-corrected chi connectivity index (χ1v) is 6.02. The summed E-state index contributed by atoms with van der Waals surface area (Å²) < 4.78 is 5.82. The molecule has 88 valence electrons. The predicted octanol–water partition coefficient (Wildman–Crippen LogP) is 2.53. The maximum atomic E-state index is 5.87. The van der Waals surface area contributed by atoms with Gasteiger partial charge in [-0.25, -0.2) is 9.97 Å². The number of hydrogen-bond acceptors (Lipinski definition) is 4. The van der Waals surface area contributed by atoms with E-state index in [0.29, 0.717) is 11.7 Å². The lowest BCUT2D eigenvalue weighted by molar-refractivity contribution is 0.203. The van der Waals surface area contributed by atoms with Crippen molar-refractivity contribution in [3.8, 4) is 5.88 Å². The molecule has 0 bridgehead atoms. The van der Waals surface area contributed by atoms with E-state index in [4.69, 9.17) is 10.5 Å². The van der Waals surface area contributed by atoms with E-state index in [0.717, 1.165) is 23.9 Å². The molecule has 0 amide bonds. The Bertz CT molecular complexity index is 535.